The largest absolute Gasteiger partial charge is 0.479 e. The molecule has 0 fully saturated rings. The first-order valence-corrected chi connectivity index (χ1v) is 5.87. The maximum Gasteiger partial charge on any atom is 0.249 e. The van der Waals surface area contributed by atoms with E-state index in [-0.39, 0.29) is 5.69 Å². The fourth-order valence-corrected chi connectivity index (χ4v) is 1.74. The molecule has 1 aromatic carbocycles. The Morgan fingerprint density at radius 1 is 1.18 bits per heavy atom. The number of nitrogens with two attached hydrogens (primary N) is 1. The van der Waals surface area contributed by atoms with Crippen molar-refractivity contribution in [2.75, 3.05) is 12.8 Å². The number of methoxy groups -OCH3 is 1. The summed E-state index contributed by atoms with van der Waals surface area (Å²) in [4.78, 5) is 7.86. The number of hydrogen-bond acceptors (Lipinski definition) is 5. The minimum atomic E-state index is 0.287. The fraction of sp³-hybridized carbons (Fsp3) is 0.0909. The summed E-state index contributed by atoms with van der Waals surface area (Å²) < 4.78 is 11.6. The smallest absolute Gasteiger partial charge is 0.249 e. The molecule has 2 rings (SSSR count). The van der Waals surface area contributed by atoms with Crippen molar-refractivity contribution in [1.29, 1.82) is 0 Å². The van der Waals surface area contributed by atoms with Crippen LogP contribution < -0.4 is 15.2 Å². The zero-order chi connectivity index (χ0) is 12.3. The van der Waals surface area contributed by atoms with Crippen molar-refractivity contribution in [3.8, 4) is 17.5 Å². The molecule has 0 aliphatic rings. The molecular weight excluding hydrogens is 333 g/mol. The zero-order valence-corrected chi connectivity index (χ0v) is 11.2. The highest BCUT2D eigenvalue weighted by atomic mass is 127. The van der Waals surface area contributed by atoms with Gasteiger partial charge in [-0.3, -0.25) is 0 Å². The molecule has 88 valence electrons. The predicted molar refractivity (Wildman–Crippen MR) is 72.2 cm³/mol. The highest BCUT2D eigenvalue weighted by Gasteiger charge is 2.11. The number of halogens is 1. The minimum Gasteiger partial charge on any atom is -0.479 e. The van der Waals surface area contributed by atoms with E-state index in [1.165, 1.54) is 13.4 Å². The van der Waals surface area contributed by atoms with Gasteiger partial charge in [0.05, 0.1) is 10.7 Å². The summed E-state index contributed by atoms with van der Waals surface area (Å²) in [6.07, 6.45) is 1.35. The van der Waals surface area contributed by atoms with Crippen LogP contribution in [0.25, 0.3) is 0 Å². The lowest BCUT2D eigenvalue weighted by atomic mass is 10.3. The topological polar surface area (TPSA) is 70.3 Å². The Morgan fingerprint density at radius 2 is 1.88 bits per heavy atom. The third-order valence-electron chi connectivity index (χ3n) is 2.05. The summed E-state index contributed by atoms with van der Waals surface area (Å²) in [6, 6.07) is 7.59. The lowest BCUT2D eigenvalue weighted by Crippen LogP contribution is -2.00. The lowest BCUT2D eigenvalue weighted by Gasteiger charge is -2.09. The van der Waals surface area contributed by atoms with Crippen LogP contribution >= 0.6 is 22.6 Å². The van der Waals surface area contributed by atoms with E-state index in [4.69, 9.17) is 15.2 Å². The number of para-hydroxylation sites is 1. The Balaban J connectivity index is 2.34. The van der Waals surface area contributed by atoms with Crippen molar-refractivity contribution in [3.05, 3.63) is 34.2 Å². The molecule has 0 aliphatic carbocycles. The number of anilines is 1. The van der Waals surface area contributed by atoms with Gasteiger partial charge in [-0.1, -0.05) is 12.1 Å². The molecule has 0 radical (unpaired) electrons. The molecule has 0 amide bonds. The van der Waals surface area contributed by atoms with Crippen molar-refractivity contribution in [2.45, 2.75) is 0 Å². The second-order valence-corrected chi connectivity index (χ2v) is 4.30. The summed E-state index contributed by atoms with van der Waals surface area (Å²) in [7, 11) is 1.49. The van der Waals surface area contributed by atoms with E-state index in [0.29, 0.717) is 17.5 Å². The average molecular weight is 343 g/mol. The Kier molecular flexibility index (Phi) is 3.62. The molecule has 0 spiro atoms. The number of ether oxygens (including phenoxy) is 2. The fourth-order valence-electron chi connectivity index (χ4n) is 1.24. The molecule has 2 N–H and O–H groups in total. The van der Waals surface area contributed by atoms with Crippen molar-refractivity contribution in [1.82, 2.24) is 9.97 Å². The standard InChI is InChI=1S/C11H10IN3O2/c1-16-10-9(13)11(15-6-14-10)17-8-5-3-2-4-7(8)12/h2-6H,13H2,1H3. The first-order valence-electron chi connectivity index (χ1n) is 4.79. The van der Waals surface area contributed by atoms with Crippen molar-refractivity contribution >= 4 is 28.3 Å². The highest BCUT2D eigenvalue weighted by molar-refractivity contribution is 14.1. The summed E-state index contributed by atoms with van der Waals surface area (Å²) in [6.45, 7) is 0. The van der Waals surface area contributed by atoms with Gasteiger partial charge in [-0.25, -0.2) is 0 Å². The van der Waals surface area contributed by atoms with E-state index >= 15 is 0 Å². The van der Waals surface area contributed by atoms with Crippen LogP contribution in [0, 0.1) is 3.57 Å². The molecule has 2 aromatic rings. The van der Waals surface area contributed by atoms with Gasteiger partial charge in [-0.2, -0.15) is 9.97 Å². The van der Waals surface area contributed by atoms with Crippen LogP contribution in [0.1, 0.15) is 0 Å². The Labute approximate surface area is 112 Å². The molecule has 5 nitrogen and oxygen atoms in total. The first kappa shape index (κ1) is 11.9. The first-order chi connectivity index (χ1) is 8.22. The molecule has 1 heterocycles. The Morgan fingerprint density at radius 3 is 2.59 bits per heavy atom. The molecule has 17 heavy (non-hydrogen) atoms. The molecule has 0 bridgehead atoms. The number of benzene rings is 1. The lowest BCUT2D eigenvalue weighted by molar-refractivity contribution is 0.391. The summed E-state index contributed by atoms with van der Waals surface area (Å²) in [5, 5.41) is 0. The monoisotopic (exact) mass is 343 g/mol. The molecule has 0 aliphatic heterocycles. The quantitative estimate of drug-likeness (QED) is 0.867. The second-order valence-electron chi connectivity index (χ2n) is 3.13. The van der Waals surface area contributed by atoms with Crippen LogP contribution in [0.4, 0.5) is 5.69 Å². The number of nitrogen functional groups attached to an aromatic ring is 1. The molecule has 0 atom stereocenters. The molecule has 0 saturated heterocycles. The maximum absolute atomic E-state index is 5.81. The third-order valence-corrected chi connectivity index (χ3v) is 2.94. The Hall–Kier alpha value is -1.57. The minimum absolute atomic E-state index is 0.287. The summed E-state index contributed by atoms with van der Waals surface area (Å²) in [5.41, 5.74) is 6.10. The third kappa shape index (κ3) is 2.57. The van der Waals surface area contributed by atoms with Crippen LogP contribution in [0.2, 0.25) is 0 Å². The van der Waals surface area contributed by atoms with Crippen molar-refractivity contribution in [2.24, 2.45) is 0 Å². The van der Waals surface area contributed by atoms with Crippen molar-refractivity contribution in [3.63, 3.8) is 0 Å². The molecule has 0 saturated carbocycles. The van der Waals surface area contributed by atoms with Gasteiger partial charge in [-0.15, -0.1) is 0 Å². The predicted octanol–water partition coefficient (Wildman–Crippen LogP) is 2.46. The molecule has 6 heteroatoms. The van der Waals surface area contributed by atoms with Gasteiger partial charge in [-0.05, 0) is 34.7 Å². The van der Waals surface area contributed by atoms with Crippen LogP contribution in [0.3, 0.4) is 0 Å². The van der Waals surface area contributed by atoms with Gasteiger partial charge in [0.2, 0.25) is 11.8 Å². The van der Waals surface area contributed by atoms with Gasteiger partial charge in [0.15, 0.2) is 5.69 Å². The van der Waals surface area contributed by atoms with Crippen LogP contribution in [0.5, 0.6) is 17.5 Å². The zero-order valence-electron chi connectivity index (χ0n) is 9.05. The van der Waals surface area contributed by atoms with E-state index in [1.807, 2.05) is 24.3 Å². The highest BCUT2D eigenvalue weighted by Crippen LogP contribution is 2.32. The van der Waals surface area contributed by atoms with Crippen LogP contribution in [-0.4, -0.2) is 17.1 Å². The van der Waals surface area contributed by atoms with Gasteiger partial charge < -0.3 is 15.2 Å². The number of rotatable bonds is 3. The van der Waals surface area contributed by atoms with E-state index in [0.717, 1.165) is 3.57 Å². The van der Waals surface area contributed by atoms with Gasteiger partial charge in [0, 0.05) is 0 Å². The molecule has 1 aromatic heterocycles. The van der Waals surface area contributed by atoms with E-state index in [2.05, 4.69) is 32.6 Å². The van der Waals surface area contributed by atoms with Crippen LogP contribution in [-0.2, 0) is 0 Å². The van der Waals surface area contributed by atoms with Gasteiger partial charge in [0.1, 0.15) is 12.1 Å². The normalized spacial score (nSPS) is 10.0. The van der Waals surface area contributed by atoms with E-state index < -0.39 is 0 Å². The van der Waals surface area contributed by atoms with Gasteiger partial charge in [0.25, 0.3) is 0 Å². The van der Waals surface area contributed by atoms with Gasteiger partial charge >= 0.3 is 0 Å². The number of aromatic nitrogens is 2. The Bertz CT molecular complexity index is 534. The maximum atomic E-state index is 5.81. The number of hydrogen-bond donors (Lipinski definition) is 1. The van der Waals surface area contributed by atoms with Crippen molar-refractivity contribution < 1.29 is 9.47 Å². The number of nitrogens with zero attached hydrogens (tertiary/aromatic N) is 2. The molecular formula is C11H10IN3O2. The van der Waals surface area contributed by atoms with E-state index in [1.54, 1.807) is 0 Å². The SMILES string of the molecule is COc1ncnc(Oc2ccccc2I)c1N. The van der Waals surface area contributed by atoms with E-state index in [9.17, 15) is 0 Å². The summed E-state index contributed by atoms with van der Waals surface area (Å²) >= 11 is 2.18. The molecule has 0 unspecified atom stereocenters. The van der Waals surface area contributed by atoms with Crippen LogP contribution in [0.15, 0.2) is 30.6 Å². The summed E-state index contributed by atoms with van der Waals surface area (Å²) in [5.74, 6) is 1.29. The second kappa shape index (κ2) is 5.17. The average Bonchev–Trinajstić information content (AvgIpc) is 2.34.